The zero-order chi connectivity index (χ0) is 21.4. The van der Waals surface area contributed by atoms with Gasteiger partial charge in [-0.1, -0.05) is 30.3 Å². The van der Waals surface area contributed by atoms with Crippen LogP contribution in [0.4, 0.5) is 0 Å². The number of fused-ring (bicyclic) bond motifs is 1. The minimum atomic E-state index is 0.742. The molecule has 4 aromatic rings. The lowest BCUT2D eigenvalue weighted by molar-refractivity contribution is 0.276. The summed E-state index contributed by atoms with van der Waals surface area (Å²) in [7, 11) is 4.10. The number of hydrogen-bond donors (Lipinski definition) is 1. The average Bonchev–Trinajstić information content (AvgIpc) is 3.24. The molecule has 0 saturated heterocycles. The molecule has 0 spiro atoms. The second-order valence-electron chi connectivity index (χ2n) is 7.66. The average molecular weight is 437 g/mol. The maximum absolute atomic E-state index is 6.10. The van der Waals surface area contributed by atoms with E-state index in [0.717, 1.165) is 44.0 Å². The van der Waals surface area contributed by atoms with Gasteiger partial charge < -0.3 is 9.99 Å². The van der Waals surface area contributed by atoms with Gasteiger partial charge >= 0.3 is 0 Å². The molecule has 0 bridgehead atoms. The molecule has 0 atom stereocenters. The third-order valence-electron chi connectivity index (χ3n) is 5.18. The van der Waals surface area contributed by atoms with Gasteiger partial charge in [-0.05, 0) is 60.7 Å². The molecule has 2 heterocycles. The monoisotopic (exact) mass is 436 g/mol. The highest BCUT2D eigenvalue weighted by Gasteiger charge is 2.15. The van der Waals surface area contributed by atoms with Crippen molar-refractivity contribution in [3.8, 4) is 10.6 Å². The van der Waals surface area contributed by atoms with E-state index in [1.807, 2.05) is 32.2 Å². The molecular formula is C24H25ClN4S. The van der Waals surface area contributed by atoms with Gasteiger partial charge in [0.1, 0.15) is 5.01 Å². The van der Waals surface area contributed by atoms with Gasteiger partial charge in [-0.3, -0.25) is 0 Å². The quantitative estimate of drug-likeness (QED) is 0.366. The second kappa shape index (κ2) is 8.26. The summed E-state index contributed by atoms with van der Waals surface area (Å²) in [5.41, 5.74) is 9.95. The Morgan fingerprint density at radius 2 is 2.00 bits per heavy atom. The number of nitrogens with zero attached hydrogens (tertiary/aromatic N) is 3. The predicted molar refractivity (Wildman–Crippen MR) is 129 cm³/mol. The normalized spacial score (nSPS) is 11.4. The fraction of sp³-hybridized carbons (Fsp3) is 0.208. The van der Waals surface area contributed by atoms with Crippen molar-refractivity contribution in [3.05, 3.63) is 82.0 Å². The topological polar surface area (TPSA) is 33.1 Å². The van der Waals surface area contributed by atoms with Crippen LogP contribution >= 0.6 is 22.9 Å². The van der Waals surface area contributed by atoms with Crippen LogP contribution in [0, 0.1) is 13.8 Å². The van der Waals surface area contributed by atoms with Gasteiger partial charge in [0, 0.05) is 42.9 Å². The number of hydrogen-bond acceptors (Lipinski definition) is 4. The van der Waals surface area contributed by atoms with Crippen LogP contribution in [0.3, 0.4) is 0 Å². The van der Waals surface area contributed by atoms with Gasteiger partial charge in [0.15, 0.2) is 0 Å². The van der Waals surface area contributed by atoms with E-state index in [9.17, 15) is 0 Å². The largest absolute Gasteiger partial charge is 0.351 e. The Hall–Kier alpha value is -2.60. The van der Waals surface area contributed by atoms with E-state index < -0.39 is 0 Å². The molecule has 6 heteroatoms. The van der Waals surface area contributed by atoms with Crippen molar-refractivity contribution in [2.24, 2.45) is 7.05 Å². The smallest absolute Gasteiger partial charge is 0.124 e. The Morgan fingerprint density at radius 3 is 2.77 bits per heavy atom. The summed E-state index contributed by atoms with van der Waals surface area (Å²) in [4.78, 5) is 5.83. The van der Waals surface area contributed by atoms with Crippen molar-refractivity contribution in [1.29, 1.82) is 0 Å². The summed E-state index contributed by atoms with van der Waals surface area (Å²) < 4.78 is 2.13. The van der Waals surface area contributed by atoms with Crippen molar-refractivity contribution in [2.45, 2.75) is 20.4 Å². The molecule has 0 aliphatic carbocycles. The third kappa shape index (κ3) is 4.15. The van der Waals surface area contributed by atoms with Gasteiger partial charge in [0.2, 0.25) is 0 Å². The molecular weight excluding hydrogens is 412 g/mol. The molecule has 0 saturated carbocycles. The van der Waals surface area contributed by atoms with Crippen LogP contribution in [-0.2, 0) is 13.6 Å². The van der Waals surface area contributed by atoms with Crippen molar-refractivity contribution in [3.63, 3.8) is 0 Å². The number of benzene rings is 2. The summed E-state index contributed by atoms with van der Waals surface area (Å²) in [5, 5.41) is 5.03. The van der Waals surface area contributed by atoms with Crippen LogP contribution in [-0.4, -0.2) is 21.6 Å². The van der Waals surface area contributed by atoms with E-state index in [1.165, 1.54) is 16.5 Å². The SMILES string of the molecule is C=C(NN(C)Cc1ccc2c(ccn2C)c1)c1sc(-c2ccc(Cl)cc2C)nc1C. The molecule has 0 radical (unpaired) electrons. The van der Waals surface area contributed by atoms with E-state index in [4.69, 9.17) is 16.6 Å². The Bertz CT molecular complexity index is 1240. The number of nitrogens with one attached hydrogen (secondary N) is 1. The van der Waals surface area contributed by atoms with Gasteiger partial charge in [0.25, 0.3) is 0 Å². The van der Waals surface area contributed by atoms with Gasteiger partial charge in [-0.25, -0.2) is 9.99 Å². The maximum Gasteiger partial charge on any atom is 0.124 e. The highest BCUT2D eigenvalue weighted by atomic mass is 35.5. The molecule has 0 unspecified atom stereocenters. The Morgan fingerprint density at radius 1 is 1.20 bits per heavy atom. The van der Waals surface area contributed by atoms with E-state index in [-0.39, 0.29) is 0 Å². The number of rotatable bonds is 6. The molecule has 0 amide bonds. The lowest BCUT2D eigenvalue weighted by atomic mass is 10.1. The summed E-state index contributed by atoms with van der Waals surface area (Å²) in [6.45, 7) is 9.11. The summed E-state index contributed by atoms with van der Waals surface area (Å²) in [6.07, 6.45) is 2.09. The van der Waals surface area contributed by atoms with Crippen molar-refractivity contribution >= 4 is 39.5 Å². The van der Waals surface area contributed by atoms with Crippen LogP contribution in [0.25, 0.3) is 27.2 Å². The molecule has 30 heavy (non-hydrogen) atoms. The zero-order valence-electron chi connectivity index (χ0n) is 17.7. The minimum Gasteiger partial charge on any atom is -0.351 e. The maximum atomic E-state index is 6.10. The van der Waals surface area contributed by atoms with E-state index in [1.54, 1.807) is 11.3 Å². The molecule has 1 N–H and O–H groups in total. The van der Waals surface area contributed by atoms with Crippen LogP contribution in [0.2, 0.25) is 5.02 Å². The Balaban J connectivity index is 1.48. The second-order valence-corrected chi connectivity index (χ2v) is 9.09. The molecule has 0 aliphatic heterocycles. The first kappa shape index (κ1) is 20.7. The van der Waals surface area contributed by atoms with Crippen LogP contribution in [0.5, 0.6) is 0 Å². The highest BCUT2D eigenvalue weighted by Crippen LogP contribution is 2.33. The van der Waals surface area contributed by atoms with Crippen LogP contribution < -0.4 is 5.43 Å². The van der Waals surface area contributed by atoms with Gasteiger partial charge in [0.05, 0.1) is 16.3 Å². The van der Waals surface area contributed by atoms with E-state index in [0.29, 0.717) is 0 Å². The fourth-order valence-electron chi connectivity index (χ4n) is 3.68. The first-order valence-electron chi connectivity index (χ1n) is 9.77. The fourth-order valence-corrected chi connectivity index (χ4v) is 4.99. The van der Waals surface area contributed by atoms with Crippen molar-refractivity contribution < 1.29 is 0 Å². The van der Waals surface area contributed by atoms with Crippen molar-refractivity contribution in [2.75, 3.05) is 7.05 Å². The molecule has 0 fully saturated rings. The minimum absolute atomic E-state index is 0.742. The summed E-state index contributed by atoms with van der Waals surface area (Å²) in [6, 6.07) is 14.6. The molecule has 2 aromatic heterocycles. The van der Waals surface area contributed by atoms with Gasteiger partial charge in [-0.2, -0.15) is 0 Å². The molecule has 154 valence electrons. The Kier molecular flexibility index (Phi) is 5.69. The Labute approximate surface area is 186 Å². The van der Waals surface area contributed by atoms with Crippen molar-refractivity contribution in [1.82, 2.24) is 20.0 Å². The van der Waals surface area contributed by atoms with E-state index >= 15 is 0 Å². The van der Waals surface area contributed by atoms with Crippen LogP contribution in [0.1, 0.15) is 21.7 Å². The summed E-state index contributed by atoms with van der Waals surface area (Å²) in [5.74, 6) is 0. The predicted octanol–water partition coefficient (Wildman–Crippen LogP) is 6.18. The molecule has 2 aromatic carbocycles. The number of halogens is 1. The lowest BCUT2D eigenvalue weighted by Crippen LogP contribution is -2.32. The van der Waals surface area contributed by atoms with Crippen LogP contribution in [0.15, 0.2) is 55.2 Å². The van der Waals surface area contributed by atoms with E-state index in [2.05, 4.69) is 66.0 Å². The summed E-state index contributed by atoms with van der Waals surface area (Å²) >= 11 is 7.75. The molecule has 4 nitrogen and oxygen atoms in total. The number of aryl methyl sites for hydroxylation is 3. The molecule has 0 aliphatic rings. The number of aromatic nitrogens is 2. The van der Waals surface area contributed by atoms with Gasteiger partial charge in [-0.15, -0.1) is 11.3 Å². The number of thiazole rings is 1. The standard InChI is InChI=1S/C24H25ClN4S/c1-15-12-20(25)7-8-21(15)24-26-16(2)23(30-24)17(3)27-29(5)14-18-6-9-22-19(13-18)10-11-28(22)4/h6-13,27H,3,14H2,1-2,4-5H3. The highest BCUT2D eigenvalue weighted by molar-refractivity contribution is 7.16. The molecule has 4 rings (SSSR count). The number of hydrazine groups is 1. The zero-order valence-corrected chi connectivity index (χ0v) is 19.2. The first-order valence-corrected chi connectivity index (χ1v) is 11.0. The first-order chi connectivity index (χ1) is 14.3. The third-order valence-corrected chi connectivity index (χ3v) is 6.67. The lowest BCUT2D eigenvalue weighted by Gasteiger charge is -2.20.